The van der Waals surface area contributed by atoms with E-state index in [-0.39, 0.29) is 5.91 Å². The van der Waals surface area contributed by atoms with Crippen molar-refractivity contribution in [2.75, 3.05) is 19.5 Å². The van der Waals surface area contributed by atoms with Crippen molar-refractivity contribution in [3.8, 4) is 11.5 Å². The number of carbonyl (C=O) groups excluding carboxylic acids is 1. The van der Waals surface area contributed by atoms with Crippen LogP contribution in [0.25, 0.3) is 6.08 Å². The fraction of sp³-hybridized carbons (Fsp3) is 0.167. The van der Waals surface area contributed by atoms with Gasteiger partial charge in [-0.2, -0.15) is 0 Å². The van der Waals surface area contributed by atoms with Gasteiger partial charge in [-0.25, -0.2) is 4.39 Å². The largest absolute Gasteiger partial charge is 0.493 e. The molecular weight excluding hydrogens is 297 g/mol. The predicted molar refractivity (Wildman–Crippen MR) is 88.2 cm³/mol. The summed E-state index contributed by atoms with van der Waals surface area (Å²) in [5.41, 5.74) is 1.70. The highest BCUT2D eigenvalue weighted by atomic mass is 19.1. The molecule has 0 spiro atoms. The van der Waals surface area contributed by atoms with Gasteiger partial charge in [0.2, 0.25) is 0 Å². The Labute approximate surface area is 134 Å². The van der Waals surface area contributed by atoms with Crippen molar-refractivity contribution in [2.45, 2.75) is 6.92 Å². The molecule has 0 aliphatic heterocycles. The Morgan fingerprint density at radius 2 is 1.83 bits per heavy atom. The molecule has 2 rings (SSSR count). The van der Waals surface area contributed by atoms with E-state index in [1.165, 1.54) is 12.1 Å². The lowest BCUT2D eigenvalue weighted by Gasteiger charge is -2.09. The summed E-state index contributed by atoms with van der Waals surface area (Å²) in [6.45, 7) is 1.69. The van der Waals surface area contributed by atoms with Gasteiger partial charge in [-0.15, -0.1) is 0 Å². The molecule has 0 saturated heterocycles. The van der Waals surface area contributed by atoms with E-state index in [1.54, 1.807) is 51.5 Å². The molecule has 0 aliphatic rings. The van der Waals surface area contributed by atoms with Crippen LogP contribution in [0.4, 0.5) is 10.1 Å². The van der Waals surface area contributed by atoms with Crippen molar-refractivity contribution in [1.82, 2.24) is 0 Å². The summed E-state index contributed by atoms with van der Waals surface area (Å²) in [5.74, 6) is 0.501. The summed E-state index contributed by atoms with van der Waals surface area (Å²) in [4.78, 5) is 12.1. The fourth-order valence-corrected chi connectivity index (χ4v) is 2.05. The maximum atomic E-state index is 13.1. The van der Waals surface area contributed by atoms with Crippen molar-refractivity contribution < 1.29 is 18.7 Å². The zero-order chi connectivity index (χ0) is 16.8. The smallest absolute Gasteiger partial charge is 0.251 e. The van der Waals surface area contributed by atoms with Crippen molar-refractivity contribution in [1.29, 1.82) is 0 Å². The molecule has 0 fully saturated rings. The normalized spacial score (nSPS) is 11.0. The van der Waals surface area contributed by atoms with Gasteiger partial charge in [0.25, 0.3) is 5.91 Å². The first-order valence-electron chi connectivity index (χ1n) is 7.00. The van der Waals surface area contributed by atoms with Crippen LogP contribution in [0.5, 0.6) is 11.5 Å². The molecule has 5 heteroatoms. The van der Waals surface area contributed by atoms with Crippen molar-refractivity contribution in [3.05, 3.63) is 59.4 Å². The van der Waals surface area contributed by atoms with Gasteiger partial charge in [-0.3, -0.25) is 4.79 Å². The molecule has 0 bridgehead atoms. The molecule has 1 amide bonds. The molecule has 23 heavy (non-hydrogen) atoms. The van der Waals surface area contributed by atoms with Crippen LogP contribution in [0.3, 0.4) is 0 Å². The molecule has 2 aromatic carbocycles. The van der Waals surface area contributed by atoms with E-state index in [0.717, 1.165) is 5.56 Å². The van der Waals surface area contributed by atoms with Gasteiger partial charge in [0.05, 0.1) is 14.2 Å². The van der Waals surface area contributed by atoms with E-state index in [2.05, 4.69) is 5.32 Å². The predicted octanol–water partition coefficient (Wildman–Crippen LogP) is 3.88. The summed E-state index contributed by atoms with van der Waals surface area (Å²) in [7, 11) is 3.11. The third-order valence-corrected chi connectivity index (χ3v) is 3.23. The highest BCUT2D eigenvalue weighted by molar-refractivity contribution is 6.06. The average molecular weight is 315 g/mol. The number of amides is 1. The third-order valence-electron chi connectivity index (χ3n) is 3.23. The number of benzene rings is 2. The van der Waals surface area contributed by atoms with Gasteiger partial charge in [0.15, 0.2) is 11.5 Å². The second-order valence-corrected chi connectivity index (χ2v) is 4.91. The third kappa shape index (κ3) is 4.32. The lowest BCUT2D eigenvalue weighted by Crippen LogP contribution is -2.12. The maximum absolute atomic E-state index is 13.1. The summed E-state index contributed by atoms with van der Waals surface area (Å²) < 4.78 is 23.5. The Bertz CT molecular complexity index is 741. The maximum Gasteiger partial charge on any atom is 0.251 e. The van der Waals surface area contributed by atoms with Crippen LogP contribution in [-0.4, -0.2) is 20.1 Å². The van der Waals surface area contributed by atoms with Gasteiger partial charge in [-0.05, 0) is 48.9 Å². The van der Waals surface area contributed by atoms with Crippen molar-refractivity contribution >= 4 is 17.7 Å². The standard InChI is InChI=1S/C18H18FNO3/c1-12(18(21)20-15-6-4-5-14(19)11-15)9-13-7-8-16(22-2)17(10-13)23-3/h4-11H,1-3H3,(H,20,21)/b12-9+. The van der Waals surface area contributed by atoms with Crippen LogP contribution < -0.4 is 14.8 Å². The topological polar surface area (TPSA) is 47.6 Å². The van der Waals surface area contributed by atoms with Crippen LogP contribution in [0.2, 0.25) is 0 Å². The number of anilines is 1. The number of carbonyl (C=O) groups is 1. The number of ether oxygens (including phenoxy) is 2. The molecule has 120 valence electrons. The van der Waals surface area contributed by atoms with E-state index in [1.807, 2.05) is 6.07 Å². The molecule has 0 aromatic heterocycles. The summed E-state index contributed by atoms with van der Waals surface area (Å²) in [5, 5.41) is 2.65. The minimum absolute atomic E-state index is 0.301. The number of hydrogen-bond acceptors (Lipinski definition) is 3. The van der Waals surface area contributed by atoms with Gasteiger partial charge >= 0.3 is 0 Å². The lowest BCUT2D eigenvalue weighted by molar-refractivity contribution is -0.112. The van der Waals surface area contributed by atoms with E-state index in [0.29, 0.717) is 22.8 Å². The van der Waals surface area contributed by atoms with Crippen LogP contribution in [0.1, 0.15) is 12.5 Å². The monoisotopic (exact) mass is 315 g/mol. The molecular formula is C18H18FNO3. The van der Waals surface area contributed by atoms with Crippen LogP contribution in [0, 0.1) is 5.82 Å². The molecule has 4 nitrogen and oxygen atoms in total. The number of nitrogens with one attached hydrogen (secondary N) is 1. The van der Waals surface area contributed by atoms with E-state index >= 15 is 0 Å². The molecule has 0 saturated carbocycles. The Morgan fingerprint density at radius 3 is 2.48 bits per heavy atom. The zero-order valence-electron chi connectivity index (χ0n) is 13.2. The molecule has 0 radical (unpaired) electrons. The highest BCUT2D eigenvalue weighted by Crippen LogP contribution is 2.28. The molecule has 2 aromatic rings. The zero-order valence-corrected chi connectivity index (χ0v) is 13.2. The van der Waals surface area contributed by atoms with Crippen LogP contribution in [0.15, 0.2) is 48.0 Å². The van der Waals surface area contributed by atoms with Crippen molar-refractivity contribution in [3.63, 3.8) is 0 Å². The van der Waals surface area contributed by atoms with Crippen molar-refractivity contribution in [2.24, 2.45) is 0 Å². The summed E-state index contributed by atoms with van der Waals surface area (Å²) in [6.07, 6.45) is 1.72. The van der Waals surface area contributed by atoms with Gasteiger partial charge in [-0.1, -0.05) is 12.1 Å². The fourth-order valence-electron chi connectivity index (χ4n) is 2.05. The molecule has 0 aliphatic carbocycles. The Balaban J connectivity index is 2.17. The van der Waals surface area contributed by atoms with Crippen LogP contribution >= 0.6 is 0 Å². The molecule has 0 atom stereocenters. The minimum atomic E-state index is -0.399. The first-order valence-corrected chi connectivity index (χ1v) is 7.00. The van der Waals surface area contributed by atoms with Gasteiger partial charge in [0, 0.05) is 11.3 Å². The Kier molecular flexibility index (Phi) is 5.36. The second kappa shape index (κ2) is 7.45. The molecule has 0 unspecified atom stereocenters. The summed E-state index contributed by atoms with van der Waals surface area (Å²) >= 11 is 0. The lowest BCUT2D eigenvalue weighted by atomic mass is 10.1. The first kappa shape index (κ1) is 16.5. The quantitative estimate of drug-likeness (QED) is 0.852. The van der Waals surface area contributed by atoms with E-state index in [9.17, 15) is 9.18 Å². The minimum Gasteiger partial charge on any atom is -0.493 e. The SMILES string of the molecule is COc1ccc(/C=C(\C)C(=O)Nc2cccc(F)c2)cc1OC. The van der Waals surface area contributed by atoms with E-state index in [4.69, 9.17) is 9.47 Å². The van der Waals surface area contributed by atoms with Gasteiger partial charge in [0.1, 0.15) is 5.82 Å². The Morgan fingerprint density at radius 1 is 1.09 bits per heavy atom. The number of halogens is 1. The summed E-state index contributed by atoms with van der Waals surface area (Å²) in [6, 6.07) is 11.1. The van der Waals surface area contributed by atoms with E-state index < -0.39 is 5.82 Å². The molecule has 1 N–H and O–H groups in total. The number of hydrogen-bond donors (Lipinski definition) is 1. The van der Waals surface area contributed by atoms with Gasteiger partial charge < -0.3 is 14.8 Å². The Hall–Kier alpha value is -2.82. The second-order valence-electron chi connectivity index (χ2n) is 4.91. The first-order chi connectivity index (χ1) is 11.0. The number of rotatable bonds is 5. The number of methoxy groups -OCH3 is 2. The highest BCUT2D eigenvalue weighted by Gasteiger charge is 2.08. The average Bonchev–Trinajstić information content (AvgIpc) is 2.54. The molecule has 0 heterocycles. The van der Waals surface area contributed by atoms with Crippen LogP contribution in [-0.2, 0) is 4.79 Å².